The maximum absolute atomic E-state index is 12.2. The van der Waals surface area contributed by atoms with Crippen molar-refractivity contribution in [3.05, 3.63) is 22.2 Å². The highest BCUT2D eigenvalue weighted by atomic mass is 35.5. The van der Waals surface area contributed by atoms with Crippen LogP contribution in [0.1, 0.15) is 19.8 Å². The van der Waals surface area contributed by atoms with E-state index in [1.165, 1.54) is 12.1 Å². The molecule has 1 unspecified atom stereocenters. The Hall–Kier alpha value is -1.01. The number of carbonyl (C=O) groups is 1. The van der Waals surface area contributed by atoms with Gasteiger partial charge in [-0.3, -0.25) is 4.79 Å². The summed E-state index contributed by atoms with van der Waals surface area (Å²) in [5, 5.41) is 3.28. The number of nitrogens with two attached hydrogens (primary N) is 1. The smallest absolute Gasteiger partial charge is 0.253 e. The Balaban J connectivity index is 1.97. The maximum atomic E-state index is 12.2. The van der Waals surface area contributed by atoms with Crippen LogP contribution in [0.4, 0.5) is 11.4 Å². The molecule has 0 spiro atoms. The van der Waals surface area contributed by atoms with Gasteiger partial charge in [0.1, 0.15) is 6.10 Å². The average Bonchev–Trinajstić information content (AvgIpc) is 2.43. The van der Waals surface area contributed by atoms with Crippen LogP contribution in [0.2, 0.25) is 10.0 Å². The first kappa shape index (κ1) is 16.4. The fourth-order valence-electron chi connectivity index (χ4n) is 2.10. The van der Waals surface area contributed by atoms with Gasteiger partial charge in [-0.2, -0.15) is 0 Å². The summed E-state index contributed by atoms with van der Waals surface area (Å²) in [5.41, 5.74) is 6.41. The summed E-state index contributed by atoms with van der Waals surface area (Å²) in [5.74, 6) is -0.296. The maximum Gasteiger partial charge on any atom is 0.253 e. The van der Waals surface area contributed by atoms with Gasteiger partial charge in [0.2, 0.25) is 0 Å². The Morgan fingerprint density at radius 3 is 2.52 bits per heavy atom. The molecule has 1 amide bonds. The van der Waals surface area contributed by atoms with Crippen LogP contribution in [0, 0.1) is 0 Å². The van der Waals surface area contributed by atoms with Gasteiger partial charge in [0.15, 0.2) is 0 Å². The highest BCUT2D eigenvalue weighted by molar-refractivity contribution is 6.40. The Morgan fingerprint density at radius 1 is 1.38 bits per heavy atom. The first-order chi connectivity index (χ1) is 9.97. The topological polar surface area (TPSA) is 73.6 Å². The summed E-state index contributed by atoms with van der Waals surface area (Å²) >= 11 is 12.1. The Bertz CT molecular complexity index is 496. The lowest BCUT2D eigenvalue weighted by Gasteiger charge is -2.25. The fraction of sp³-hybridized carbons (Fsp3) is 0.500. The molecule has 1 aliphatic heterocycles. The first-order valence-corrected chi connectivity index (χ1v) is 7.51. The number of benzene rings is 1. The molecule has 1 aromatic carbocycles. The number of ether oxygens (including phenoxy) is 2. The standard InChI is InChI=1S/C14H18Cl2N2O3/c1-8(21-10-2-4-20-5-3-10)14(19)18-13-11(15)6-9(17)7-12(13)16/h6-8,10H,2-5,17H2,1H3,(H,18,19). The normalized spacial score (nSPS) is 17.5. The SMILES string of the molecule is CC(OC1CCOCC1)C(=O)Nc1c(Cl)cc(N)cc1Cl. The van der Waals surface area contributed by atoms with Crippen LogP contribution in [-0.2, 0) is 14.3 Å². The molecule has 2 rings (SSSR count). The molecule has 1 atom stereocenters. The van der Waals surface area contributed by atoms with Crippen LogP contribution in [0.3, 0.4) is 0 Å². The second kappa shape index (κ2) is 7.31. The van der Waals surface area contributed by atoms with Gasteiger partial charge in [-0.05, 0) is 31.9 Å². The predicted octanol–water partition coefficient (Wildman–Crippen LogP) is 3.10. The van der Waals surface area contributed by atoms with Gasteiger partial charge in [0.25, 0.3) is 5.91 Å². The van der Waals surface area contributed by atoms with Crippen molar-refractivity contribution in [3.8, 4) is 0 Å². The second-order valence-electron chi connectivity index (χ2n) is 4.94. The molecule has 116 valence electrons. The molecule has 1 saturated heterocycles. The molecular formula is C14H18Cl2N2O3. The third-order valence-electron chi connectivity index (χ3n) is 3.25. The number of hydrogen-bond acceptors (Lipinski definition) is 4. The molecule has 3 N–H and O–H groups in total. The van der Waals surface area contributed by atoms with E-state index in [1.807, 2.05) is 0 Å². The van der Waals surface area contributed by atoms with Gasteiger partial charge >= 0.3 is 0 Å². The molecule has 0 aromatic heterocycles. The van der Waals surface area contributed by atoms with E-state index in [-0.39, 0.29) is 12.0 Å². The van der Waals surface area contributed by atoms with Crippen molar-refractivity contribution in [1.82, 2.24) is 0 Å². The Morgan fingerprint density at radius 2 is 1.95 bits per heavy atom. The molecule has 1 heterocycles. The third-order valence-corrected chi connectivity index (χ3v) is 3.84. The molecule has 1 fully saturated rings. The van der Waals surface area contributed by atoms with E-state index in [0.29, 0.717) is 34.6 Å². The average molecular weight is 333 g/mol. The predicted molar refractivity (Wildman–Crippen MR) is 83.9 cm³/mol. The molecule has 0 radical (unpaired) electrons. The van der Waals surface area contributed by atoms with Crippen molar-refractivity contribution in [1.29, 1.82) is 0 Å². The zero-order valence-electron chi connectivity index (χ0n) is 11.7. The van der Waals surface area contributed by atoms with Gasteiger partial charge in [-0.15, -0.1) is 0 Å². The summed E-state index contributed by atoms with van der Waals surface area (Å²) in [4.78, 5) is 12.2. The minimum Gasteiger partial charge on any atom is -0.399 e. The van der Waals surface area contributed by atoms with E-state index in [0.717, 1.165) is 12.8 Å². The minimum absolute atomic E-state index is 0.0388. The lowest BCUT2D eigenvalue weighted by molar-refractivity contribution is -0.133. The van der Waals surface area contributed by atoms with Crippen molar-refractivity contribution in [3.63, 3.8) is 0 Å². The number of amides is 1. The summed E-state index contributed by atoms with van der Waals surface area (Å²) in [6.07, 6.45) is 1.02. The van der Waals surface area contributed by atoms with Gasteiger partial charge in [0.05, 0.1) is 21.8 Å². The molecule has 7 heteroatoms. The Kier molecular flexibility index (Phi) is 5.70. The molecule has 5 nitrogen and oxygen atoms in total. The largest absolute Gasteiger partial charge is 0.399 e. The highest BCUT2D eigenvalue weighted by Crippen LogP contribution is 2.33. The van der Waals surface area contributed by atoms with Crippen LogP contribution in [0.15, 0.2) is 12.1 Å². The molecular weight excluding hydrogens is 315 g/mol. The molecule has 21 heavy (non-hydrogen) atoms. The number of rotatable bonds is 4. The summed E-state index contributed by atoms with van der Waals surface area (Å²) in [6.45, 7) is 3.02. The number of carbonyl (C=O) groups excluding carboxylic acids is 1. The zero-order valence-corrected chi connectivity index (χ0v) is 13.2. The quantitative estimate of drug-likeness (QED) is 0.831. The van der Waals surface area contributed by atoms with Crippen LogP contribution in [-0.4, -0.2) is 31.3 Å². The highest BCUT2D eigenvalue weighted by Gasteiger charge is 2.22. The lowest BCUT2D eigenvalue weighted by atomic mass is 10.1. The van der Waals surface area contributed by atoms with E-state index in [9.17, 15) is 4.79 Å². The van der Waals surface area contributed by atoms with E-state index >= 15 is 0 Å². The number of halogens is 2. The second-order valence-corrected chi connectivity index (χ2v) is 5.75. The number of nitrogens with one attached hydrogen (secondary N) is 1. The van der Waals surface area contributed by atoms with Crippen LogP contribution >= 0.6 is 23.2 Å². The van der Waals surface area contributed by atoms with Gasteiger partial charge in [-0.25, -0.2) is 0 Å². The van der Waals surface area contributed by atoms with Gasteiger partial charge < -0.3 is 20.5 Å². The van der Waals surface area contributed by atoms with Crippen molar-refractivity contribution < 1.29 is 14.3 Å². The minimum atomic E-state index is -0.599. The summed E-state index contributed by atoms with van der Waals surface area (Å²) in [6, 6.07) is 3.07. The first-order valence-electron chi connectivity index (χ1n) is 6.76. The van der Waals surface area contributed by atoms with Crippen molar-refractivity contribution >= 4 is 40.5 Å². The fourth-order valence-corrected chi connectivity index (χ4v) is 2.70. The number of hydrogen-bond donors (Lipinski definition) is 2. The molecule has 0 aliphatic carbocycles. The van der Waals surface area contributed by atoms with Crippen LogP contribution in [0.5, 0.6) is 0 Å². The summed E-state index contributed by atoms with van der Waals surface area (Å²) in [7, 11) is 0. The third kappa shape index (κ3) is 4.48. The van der Waals surface area contributed by atoms with Crippen LogP contribution < -0.4 is 11.1 Å². The van der Waals surface area contributed by atoms with E-state index in [1.54, 1.807) is 6.92 Å². The van der Waals surface area contributed by atoms with Crippen molar-refractivity contribution in [2.24, 2.45) is 0 Å². The number of nitrogen functional groups attached to an aromatic ring is 1. The number of anilines is 2. The van der Waals surface area contributed by atoms with Crippen LogP contribution in [0.25, 0.3) is 0 Å². The molecule has 0 bridgehead atoms. The molecule has 1 aliphatic rings. The lowest BCUT2D eigenvalue weighted by Crippen LogP contribution is -2.34. The van der Waals surface area contributed by atoms with Crippen molar-refractivity contribution in [2.45, 2.75) is 32.0 Å². The monoisotopic (exact) mass is 332 g/mol. The van der Waals surface area contributed by atoms with Gasteiger partial charge in [0, 0.05) is 18.9 Å². The Labute approximate surface area is 133 Å². The van der Waals surface area contributed by atoms with E-state index in [2.05, 4.69) is 5.32 Å². The van der Waals surface area contributed by atoms with E-state index < -0.39 is 6.10 Å². The molecule has 1 aromatic rings. The van der Waals surface area contributed by atoms with Gasteiger partial charge in [-0.1, -0.05) is 23.2 Å². The summed E-state index contributed by atoms with van der Waals surface area (Å²) < 4.78 is 11.0. The molecule has 0 saturated carbocycles. The zero-order chi connectivity index (χ0) is 15.4. The van der Waals surface area contributed by atoms with E-state index in [4.69, 9.17) is 38.4 Å². The van der Waals surface area contributed by atoms with Crippen molar-refractivity contribution in [2.75, 3.05) is 24.3 Å².